The zero-order chi connectivity index (χ0) is 23.6. The van der Waals surface area contributed by atoms with Crippen LogP contribution in [0, 0.1) is 0 Å². The van der Waals surface area contributed by atoms with E-state index >= 15 is 0 Å². The van der Waals surface area contributed by atoms with Gasteiger partial charge >= 0.3 is 0 Å². The van der Waals surface area contributed by atoms with Gasteiger partial charge in [0.05, 0.1) is 9.79 Å². The lowest BCUT2D eigenvalue weighted by Crippen LogP contribution is -2.18. The molecule has 0 atom stereocenters. The smallest absolute Gasteiger partial charge is 0.133 e. The maximum Gasteiger partial charge on any atom is 0.133 e. The lowest BCUT2D eigenvalue weighted by Gasteiger charge is -2.28. The van der Waals surface area contributed by atoms with Crippen LogP contribution in [0.2, 0.25) is 0 Å². The van der Waals surface area contributed by atoms with Crippen LogP contribution in [0.15, 0.2) is 34.1 Å². The lowest BCUT2D eigenvalue weighted by molar-refractivity contribution is 0.299. The summed E-state index contributed by atoms with van der Waals surface area (Å²) >= 11 is 1.40. The van der Waals surface area contributed by atoms with Gasteiger partial charge in [-0.1, -0.05) is 63.4 Å². The molecule has 0 unspecified atom stereocenters. The molecule has 2 aliphatic carbocycles. The number of aromatic hydroxyl groups is 2. The van der Waals surface area contributed by atoms with E-state index in [0.29, 0.717) is 24.3 Å². The molecular formula is C28H38O4S. The summed E-state index contributed by atoms with van der Waals surface area (Å²) in [5.41, 5.74) is 3.82. The zero-order valence-corrected chi connectivity index (χ0v) is 20.8. The van der Waals surface area contributed by atoms with E-state index in [1.807, 2.05) is 12.1 Å². The lowest BCUT2D eigenvalue weighted by atomic mass is 9.79. The maximum atomic E-state index is 11.4. The second kappa shape index (κ2) is 9.89. The Labute approximate surface area is 202 Å². The number of aliphatic hydroxyl groups excluding tert-OH is 2. The summed E-state index contributed by atoms with van der Waals surface area (Å²) in [5.74, 6) is 0.596. The standard InChI is InChI=1S/C28H38O4S/c1-27(9-3-4-10-27)21-15-19(7-13-29)17-23(25(21)31)33-24-18-20(8-14-30)16-22(26(24)32)28(2)11-5-6-12-28/h15-18,29-32H,3-14H2,1-2H3. The minimum absolute atomic E-state index is 0.0603. The van der Waals surface area contributed by atoms with Crippen LogP contribution in [0.25, 0.3) is 0 Å². The highest BCUT2D eigenvalue weighted by molar-refractivity contribution is 7.99. The Morgan fingerprint density at radius 1 is 0.667 bits per heavy atom. The first kappa shape index (κ1) is 24.4. The van der Waals surface area contributed by atoms with E-state index in [1.165, 1.54) is 11.8 Å². The molecule has 2 aromatic rings. The highest BCUT2D eigenvalue weighted by Gasteiger charge is 2.36. The number of hydrogen-bond donors (Lipinski definition) is 4. The second-order valence-corrected chi connectivity index (χ2v) is 11.6. The van der Waals surface area contributed by atoms with Crippen LogP contribution in [0.5, 0.6) is 11.5 Å². The van der Waals surface area contributed by atoms with Gasteiger partial charge in [-0.25, -0.2) is 0 Å². The fraction of sp³-hybridized carbons (Fsp3) is 0.571. The molecule has 0 amide bonds. The van der Waals surface area contributed by atoms with Crippen molar-refractivity contribution in [3.8, 4) is 11.5 Å². The minimum Gasteiger partial charge on any atom is -0.506 e. The van der Waals surface area contributed by atoms with Gasteiger partial charge in [-0.05, 0) is 72.6 Å². The van der Waals surface area contributed by atoms with Crippen molar-refractivity contribution in [1.29, 1.82) is 0 Å². The third-order valence-corrected chi connectivity index (χ3v) is 9.07. The Kier molecular flexibility index (Phi) is 7.32. The van der Waals surface area contributed by atoms with Crippen LogP contribution in [0.4, 0.5) is 0 Å². The summed E-state index contributed by atoms with van der Waals surface area (Å²) in [6.45, 7) is 4.57. The topological polar surface area (TPSA) is 80.9 Å². The first-order valence-electron chi connectivity index (χ1n) is 12.4. The fourth-order valence-electron chi connectivity index (χ4n) is 5.92. The van der Waals surface area contributed by atoms with Gasteiger partial charge in [-0.2, -0.15) is 0 Å². The summed E-state index contributed by atoms with van der Waals surface area (Å²) < 4.78 is 0. The minimum atomic E-state index is -0.0614. The molecule has 0 spiro atoms. The molecule has 0 aromatic heterocycles. The predicted molar refractivity (Wildman–Crippen MR) is 134 cm³/mol. The third-order valence-electron chi connectivity index (χ3n) is 8.01. The van der Waals surface area contributed by atoms with E-state index < -0.39 is 0 Å². The van der Waals surface area contributed by atoms with E-state index in [2.05, 4.69) is 26.0 Å². The van der Waals surface area contributed by atoms with Gasteiger partial charge in [0.25, 0.3) is 0 Å². The van der Waals surface area contributed by atoms with Gasteiger partial charge in [0.1, 0.15) is 11.5 Å². The molecule has 0 radical (unpaired) electrons. The van der Waals surface area contributed by atoms with E-state index in [4.69, 9.17) is 0 Å². The van der Waals surface area contributed by atoms with Gasteiger partial charge in [0, 0.05) is 24.3 Å². The van der Waals surface area contributed by atoms with Gasteiger partial charge in [-0.15, -0.1) is 0 Å². The molecule has 2 aliphatic rings. The van der Waals surface area contributed by atoms with Crippen molar-refractivity contribution in [2.45, 2.75) is 98.7 Å². The first-order chi connectivity index (χ1) is 15.8. The normalized spacial score (nSPS) is 19.3. The molecule has 5 heteroatoms. The highest BCUT2D eigenvalue weighted by atomic mass is 32.2. The molecule has 4 nitrogen and oxygen atoms in total. The van der Waals surface area contributed by atoms with Gasteiger partial charge in [0.15, 0.2) is 0 Å². The fourth-order valence-corrected chi connectivity index (χ4v) is 6.99. The monoisotopic (exact) mass is 470 g/mol. The van der Waals surface area contributed by atoms with Crippen LogP contribution in [-0.2, 0) is 23.7 Å². The Morgan fingerprint density at radius 3 is 1.36 bits per heavy atom. The quantitative estimate of drug-likeness (QED) is 0.381. The van der Waals surface area contributed by atoms with E-state index in [0.717, 1.165) is 83.4 Å². The average Bonchev–Trinajstić information content (AvgIpc) is 3.42. The Morgan fingerprint density at radius 2 is 1.03 bits per heavy atom. The first-order valence-corrected chi connectivity index (χ1v) is 13.2. The number of aliphatic hydroxyl groups is 2. The van der Waals surface area contributed by atoms with Crippen LogP contribution < -0.4 is 0 Å². The number of phenols is 2. The van der Waals surface area contributed by atoms with Crippen LogP contribution in [0.1, 0.15) is 87.5 Å². The molecule has 4 rings (SSSR count). The molecule has 2 aromatic carbocycles. The van der Waals surface area contributed by atoms with Crippen LogP contribution in [-0.4, -0.2) is 33.6 Å². The van der Waals surface area contributed by atoms with E-state index in [9.17, 15) is 20.4 Å². The number of hydrogen-bond acceptors (Lipinski definition) is 5. The maximum absolute atomic E-state index is 11.4. The highest BCUT2D eigenvalue weighted by Crippen LogP contribution is 2.52. The summed E-state index contributed by atoms with van der Waals surface area (Å²) in [6, 6.07) is 8.03. The van der Waals surface area contributed by atoms with E-state index in [-0.39, 0.29) is 24.0 Å². The van der Waals surface area contributed by atoms with Crippen LogP contribution in [0.3, 0.4) is 0 Å². The number of rotatable bonds is 8. The van der Waals surface area contributed by atoms with Gasteiger partial charge in [0.2, 0.25) is 0 Å². The van der Waals surface area contributed by atoms with Crippen molar-refractivity contribution in [3.05, 3.63) is 46.5 Å². The van der Waals surface area contributed by atoms with E-state index in [1.54, 1.807) is 0 Å². The SMILES string of the molecule is CC1(c2cc(CCO)cc(Sc3cc(CCO)cc(C4(C)CCCC4)c3O)c2O)CCCC1. The van der Waals surface area contributed by atoms with Crippen molar-refractivity contribution in [1.82, 2.24) is 0 Å². The van der Waals surface area contributed by atoms with Crippen LogP contribution >= 0.6 is 11.8 Å². The Bertz CT molecular complexity index is 908. The molecule has 180 valence electrons. The Balaban J connectivity index is 1.79. The summed E-state index contributed by atoms with van der Waals surface area (Å²) in [6.07, 6.45) is 9.92. The molecular weight excluding hydrogens is 432 g/mol. The third kappa shape index (κ3) is 4.91. The Hall–Kier alpha value is -1.69. The summed E-state index contributed by atoms with van der Waals surface area (Å²) in [5, 5.41) is 41.9. The van der Waals surface area contributed by atoms with Crippen molar-refractivity contribution in [3.63, 3.8) is 0 Å². The predicted octanol–water partition coefficient (Wildman–Crippen LogP) is 5.98. The molecule has 2 fully saturated rings. The van der Waals surface area contributed by atoms with Gasteiger partial charge < -0.3 is 20.4 Å². The van der Waals surface area contributed by atoms with Gasteiger partial charge in [-0.3, -0.25) is 0 Å². The zero-order valence-electron chi connectivity index (χ0n) is 20.0. The molecule has 0 bridgehead atoms. The molecule has 4 N–H and O–H groups in total. The number of benzene rings is 2. The largest absolute Gasteiger partial charge is 0.506 e. The van der Waals surface area contributed by atoms with Crippen molar-refractivity contribution >= 4 is 11.8 Å². The van der Waals surface area contributed by atoms with Crippen molar-refractivity contribution in [2.24, 2.45) is 0 Å². The molecule has 0 heterocycles. The second-order valence-electron chi connectivity index (χ2n) is 10.6. The molecule has 0 aliphatic heterocycles. The van der Waals surface area contributed by atoms with Crippen molar-refractivity contribution < 1.29 is 20.4 Å². The molecule has 33 heavy (non-hydrogen) atoms. The number of phenolic OH excluding ortho intramolecular Hbond substituents is 2. The molecule has 0 saturated heterocycles. The summed E-state index contributed by atoms with van der Waals surface area (Å²) in [4.78, 5) is 1.45. The summed E-state index contributed by atoms with van der Waals surface area (Å²) in [7, 11) is 0. The molecule has 2 saturated carbocycles. The van der Waals surface area contributed by atoms with Crippen molar-refractivity contribution in [2.75, 3.05) is 13.2 Å². The average molecular weight is 471 g/mol.